The van der Waals surface area contributed by atoms with Gasteiger partial charge in [0, 0.05) is 28.7 Å². The summed E-state index contributed by atoms with van der Waals surface area (Å²) in [4.78, 5) is 28.6. The molecule has 3 rings (SSSR count). The Labute approximate surface area is 251 Å². The van der Waals surface area contributed by atoms with E-state index in [0.717, 1.165) is 9.87 Å². The number of hydrogen-bond donors (Lipinski definition) is 1. The van der Waals surface area contributed by atoms with Gasteiger partial charge in [-0.25, -0.2) is 8.42 Å². The second-order valence-corrected chi connectivity index (χ2v) is 12.3. The van der Waals surface area contributed by atoms with Gasteiger partial charge < -0.3 is 10.2 Å². The number of nitrogens with one attached hydrogen (secondary N) is 1. The number of nitrogens with zero attached hydrogens (tertiary/aromatic N) is 2. The molecule has 1 N–H and O–H groups in total. The highest BCUT2D eigenvalue weighted by Crippen LogP contribution is 2.32. The van der Waals surface area contributed by atoms with Crippen molar-refractivity contribution >= 4 is 62.3 Å². The van der Waals surface area contributed by atoms with Gasteiger partial charge in [0.2, 0.25) is 11.8 Å². The number of aryl methyl sites for hydroxylation is 1. The third-order valence-electron chi connectivity index (χ3n) is 6.33. The normalized spacial score (nSPS) is 12.1. The van der Waals surface area contributed by atoms with Crippen molar-refractivity contribution in [3.05, 3.63) is 92.9 Å². The lowest BCUT2D eigenvalue weighted by Gasteiger charge is -2.33. The van der Waals surface area contributed by atoms with Gasteiger partial charge in [-0.3, -0.25) is 13.9 Å². The van der Waals surface area contributed by atoms with Crippen LogP contribution in [0.25, 0.3) is 0 Å². The Bertz CT molecular complexity index is 1430. The van der Waals surface area contributed by atoms with Crippen LogP contribution in [0.4, 0.5) is 5.69 Å². The summed E-state index contributed by atoms with van der Waals surface area (Å²) in [6.45, 7) is 5.26. The minimum atomic E-state index is -4.23. The van der Waals surface area contributed by atoms with Crippen LogP contribution >= 0.6 is 34.8 Å². The van der Waals surface area contributed by atoms with Crippen molar-refractivity contribution in [2.75, 3.05) is 17.4 Å². The second kappa shape index (κ2) is 14.2. The van der Waals surface area contributed by atoms with Crippen LogP contribution in [-0.2, 0) is 26.2 Å². The van der Waals surface area contributed by atoms with E-state index in [9.17, 15) is 18.0 Å². The summed E-state index contributed by atoms with van der Waals surface area (Å²) < 4.78 is 28.8. The predicted octanol–water partition coefficient (Wildman–Crippen LogP) is 6.48. The molecule has 0 spiro atoms. The van der Waals surface area contributed by atoms with Crippen molar-refractivity contribution < 1.29 is 18.0 Å². The largest absolute Gasteiger partial charge is 0.354 e. The van der Waals surface area contributed by atoms with Gasteiger partial charge in [-0.2, -0.15) is 0 Å². The van der Waals surface area contributed by atoms with Crippen LogP contribution in [0.5, 0.6) is 0 Å². The van der Waals surface area contributed by atoms with Crippen molar-refractivity contribution in [1.29, 1.82) is 0 Å². The van der Waals surface area contributed by atoms with Crippen molar-refractivity contribution in [2.24, 2.45) is 0 Å². The second-order valence-electron chi connectivity index (χ2n) is 9.21. The summed E-state index contributed by atoms with van der Waals surface area (Å²) in [5.41, 5.74) is 1.47. The Morgan fingerprint density at radius 1 is 0.875 bits per heavy atom. The number of carbonyl (C=O) groups excluding carboxylic acids is 2. The monoisotopic (exact) mass is 623 g/mol. The van der Waals surface area contributed by atoms with Gasteiger partial charge in [0.25, 0.3) is 10.0 Å². The molecular formula is C29H32Cl3N3O4S. The van der Waals surface area contributed by atoms with Crippen LogP contribution in [0.3, 0.4) is 0 Å². The van der Waals surface area contributed by atoms with Gasteiger partial charge in [0.15, 0.2) is 0 Å². The van der Waals surface area contributed by atoms with Crippen LogP contribution in [0.2, 0.25) is 15.1 Å². The molecule has 0 fully saturated rings. The molecule has 40 heavy (non-hydrogen) atoms. The average molecular weight is 625 g/mol. The van der Waals surface area contributed by atoms with Gasteiger partial charge in [-0.15, -0.1) is 0 Å². The number of anilines is 1. The summed E-state index contributed by atoms with van der Waals surface area (Å²) in [7, 11) is -4.23. The Morgan fingerprint density at radius 2 is 1.48 bits per heavy atom. The number of para-hydroxylation sites is 1. The highest BCUT2D eigenvalue weighted by molar-refractivity contribution is 7.92. The lowest BCUT2D eigenvalue weighted by molar-refractivity contribution is -0.140. The molecular weight excluding hydrogens is 593 g/mol. The summed E-state index contributed by atoms with van der Waals surface area (Å²) in [5, 5.41) is 3.64. The van der Waals surface area contributed by atoms with Crippen LogP contribution < -0.4 is 9.62 Å². The molecule has 3 aromatic carbocycles. The number of halogens is 3. The van der Waals surface area contributed by atoms with E-state index in [1.807, 2.05) is 13.8 Å². The van der Waals surface area contributed by atoms with Gasteiger partial charge in [-0.05, 0) is 56.2 Å². The van der Waals surface area contributed by atoms with Gasteiger partial charge in [0.05, 0.1) is 15.6 Å². The zero-order chi connectivity index (χ0) is 29.4. The molecule has 214 valence electrons. The summed E-state index contributed by atoms with van der Waals surface area (Å²) in [6, 6.07) is 16.8. The minimum absolute atomic E-state index is 0.000696. The number of sulfonamides is 1. The molecule has 7 nitrogen and oxygen atoms in total. The molecule has 0 aliphatic rings. The maximum Gasteiger partial charge on any atom is 0.264 e. The van der Waals surface area contributed by atoms with Gasteiger partial charge >= 0.3 is 0 Å². The lowest BCUT2D eigenvalue weighted by Crippen LogP contribution is -2.52. The first-order valence-electron chi connectivity index (χ1n) is 12.8. The maximum absolute atomic E-state index is 14.1. The summed E-state index contributed by atoms with van der Waals surface area (Å²) >= 11 is 19.3. The molecule has 0 aliphatic heterocycles. The Balaban J connectivity index is 2.10. The molecule has 0 saturated carbocycles. The fraction of sp³-hybridized carbons (Fsp3) is 0.310. The topological polar surface area (TPSA) is 86.8 Å². The zero-order valence-electron chi connectivity index (χ0n) is 22.5. The summed E-state index contributed by atoms with van der Waals surface area (Å²) in [5.74, 6) is -0.975. The molecule has 3 aromatic rings. The quantitative estimate of drug-likeness (QED) is 0.250. The van der Waals surface area contributed by atoms with Crippen molar-refractivity contribution in [3.8, 4) is 0 Å². The van der Waals surface area contributed by atoms with E-state index < -0.39 is 28.5 Å². The Kier molecular flexibility index (Phi) is 11.3. The van der Waals surface area contributed by atoms with E-state index in [1.165, 1.54) is 23.1 Å². The highest BCUT2D eigenvalue weighted by atomic mass is 35.5. The molecule has 0 unspecified atom stereocenters. The molecule has 0 aromatic heterocycles. The van der Waals surface area contributed by atoms with Crippen LogP contribution in [0, 0.1) is 6.92 Å². The summed E-state index contributed by atoms with van der Waals surface area (Å²) in [6.07, 6.45) is 0.988. The van der Waals surface area contributed by atoms with Crippen molar-refractivity contribution in [2.45, 2.75) is 51.1 Å². The molecule has 0 heterocycles. The molecule has 2 amide bonds. The number of amides is 2. The number of hydrogen-bond acceptors (Lipinski definition) is 4. The first-order valence-corrected chi connectivity index (χ1v) is 15.4. The van der Waals surface area contributed by atoms with Crippen LogP contribution in [0.1, 0.15) is 37.8 Å². The van der Waals surface area contributed by atoms with Crippen molar-refractivity contribution in [1.82, 2.24) is 10.2 Å². The zero-order valence-corrected chi connectivity index (χ0v) is 25.6. The smallest absolute Gasteiger partial charge is 0.264 e. The van der Waals surface area contributed by atoms with E-state index in [-0.39, 0.29) is 34.5 Å². The first kappa shape index (κ1) is 31.7. The number of benzene rings is 3. The average Bonchev–Trinajstić information content (AvgIpc) is 2.92. The fourth-order valence-corrected chi connectivity index (χ4v) is 6.38. The Hall–Kier alpha value is -2.78. The van der Waals surface area contributed by atoms with E-state index in [1.54, 1.807) is 55.5 Å². The molecule has 0 bridgehead atoms. The maximum atomic E-state index is 14.1. The standard InChI is InChI=1S/C29H32Cl3N3O4S/c1-4-17-33-29(37)26(5-2)34(18-22-23(30)10-8-11-24(22)31)28(36)19-35(27-12-7-6-9-25(27)32)40(38,39)21-15-13-20(3)14-16-21/h6-16,26H,4-5,17-19H2,1-3H3,(H,33,37)/t26-/m1/s1. The first-order chi connectivity index (χ1) is 19.0. The molecule has 0 saturated heterocycles. The van der Waals surface area contributed by atoms with Crippen LogP contribution in [0.15, 0.2) is 71.6 Å². The van der Waals surface area contributed by atoms with Crippen LogP contribution in [-0.4, -0.2) is 44.3 Å². The number of carbonyl (C=O) groups is 2. The third-order valence-corrected chi connectivity index (χ3v) is 9.14. The third kappa shape index (κ3) is 7.49. The SMILES string of the molecule is CCCNC(=O)[C@@H](CC)N(Cc1c(Cl)cccc1Cl)C(=O)CN(c1ccccc1Cl)S(=O)(=O)c1ccc(C)cc1. The molecule has 11 heteroatoms. The van der Waals surface area contributed by atoms with Gasteiger partial charge in [0.1, 0.15) is 12.6 Å². The molecule has 0 radical (unpaired) electrons. The van der Waals surface area contributed by atoms with Crippen molar-refractivity contribution in [3.63, 3.8) is 0 Å². The minimum Gasteiger partial charge on any atom is -0.354 e. The van der Waals surface area contributed by atoms with E-state index >= 15 is 0 Å². The molecule has 1 atom stereocenters. The molecule has 0 aliphatic carbocycles. The fourth-order valence-electron chi connectivity index (χ4n) is 4.14. The van der Waals surface area contributed by atoms with Gasteiger partial charge in [-0.1, -0.05) is 84.5 Å². The predicted molar refractivity (Wildman–Crippen MR) is 162 cm³/mol. The number of rotatable bonds is 12. The highest BCUT2D eigenvalue weighted by Gasteiger charge is 2.34. The Morgan fingerprint density at radius 3 is 2.05 bits per heavy atom. The van der Waals surface area contributed by atoms with E-state index in [4.69, 9.17) is 34.8 Å². The lowest BCUT2D eigenvalue weighted by atomic mass is 10.1. The van der Waals surface area contributed by atoms with E-state index in [0.29, 0.717) is 28.6 Å². The van der Waals surface area contributed by atoms with E-state index in [2.05, 4.69) is 5.32 Å².